The largest absolute Gasteiger partial charge is 0.492 e. The van der Waals surface area contributed by atoms with Crippen molar-refractivity contribution in [1.29, 1.82) is 0 Å². The summed E-state index contributed by atoms with van der Waals surface area (Å²) in [6, 6.07) is 15.9. The van der Waals surface area contributed by atoms with Crippen molar-refractivity contribution in [3.05, 3.63) is 59.7 Å². The molecule has 0 saturated carbocycles. The van der Waals surface area contributed by atoms with Gasteiger partial charge >= 0.3 is 0 Å². The second-order valence-electron chi connectivity index (χ2n) is 7.46. The molecule has 2 amide bonds. The minimum atomic E-state index is -0.337. The highest BCUT2D eigenvalue weighted by Gasteiger charge is 2.37. The van der Waals surface area contributed by atoms with Crippen LogP contribution < -0.4 is 15.0 Å². The van der Waals surface area contributed by atoms with Gasteiger partial charge in [-0.05, 0) is 49.4 Å². The van der Waals surface area contributed by atoms with Crippen LogP contribution in [0.15, 0.2) is 48.5 Å². The molecule has 146 valence electrons. The first-order chi connectivity index (χ1) is 13.7. The number of carbonyl (C=O) groups excluding carboxylic acids is 2. The molecule has 0 aromatic heterocycles. The molecule has 2 aromatic rings. The standard InChI is InChI=1S/C23H26N2O3/c1-2-28-21-13-6-5-12-20(21)25-15-17(14-22(25)26)23(27)24-19-11-7-9-16-8-3-4-10-18(16)19/h3-6,8,10,12-13,17,19H,2,7,9,11,14-15H2,1H3,(H,24,27)/t17-,19+/m1/s1. The Balaban J connectivity index is 1.47. The lowest BCUT2D eigenvalue weighted by Crippen LogP contribution is -2.36. The summed E-state index contributed by atoms with van der Waals surface area (Å²) in [6.07, 6.45) is 3.31. The normalized spacial score (nSPS) is 21.3. The van der Waals surface area contributed by atoms with Gasteiger partial charge in [-0.25, -0.2) is 0 Å². The monoisotopic (exact) mass is 378 g/mol. The molecule has 1 fully saturated rings. The predicted octanol–water partition coefficient (Wildman–Crippen LogP) is 3.63. The maximum absolute atomic E-state index is 12.9. The van der Waals surface area contributed by atoms with Crippen molar-refractivity contribution in [2.45, 2.75) is 38.6 Å². The number of fused-ring (bicyclic) bond motifs is 1. The average molecular weight is 378 g/mol. The first-order valence-corrected chi connectivity index (χ1v) is 10.1. The highest BCUT2D eigenvalue weighted by molar-refractivity contribution is 6.01. The van der Waals surface area contributed by atoms with Crippen LogP contribution in [0.1, 0.15) is 43.4 Å². The number of benzene rings is 2. The zero-order valence-corrected chi connectivity index (χ0v) is 16.2. The SMILES string of the molecule is CCOc1ccccc1N1C[C@H](C(=O)N[C@H]2CCCc3ccccc32)CC1=O. The fourth-order valence-corrected chi connectivity index (χ4v) is 4.27. The highest BCUT2D eigenvalue weighted by atomic mass is 16.5. The summed E-state index contributed by atoms with van der Waals surface area (Å²) in [4.78, 5) is 27.2. The Labute approximate surface area is 165 Å². The van der Waals surface area contributed by atoms with Gasteiger partial charge in [-0.2, -0.15) is 0 Å². The second-order valence-corrected chi connectivity index (χ2v) is 7.46. The van der Waals surface area contributed by atoms with Crippen molar-refractivity contribution in [1.82, 2.24) is 5.32 Å². The number of nitrogens with one attached hydrogen (secondary N) is 1. The molecule has 0 radical (unpaired) electrons. The van der Waals surface area contributed by atoms with Crippen molar-refractivity contribution < 1.29 is 14.3 Å². The molecule has 4 rings (SSSR count). The summed E-state index contributed by atoms with van der Waals surface area (Å²) in [7, 11) is 0. The maximum Gasteiger partial charge on any atom is 0.227 e. The van der Waals surface area contributed by atoms with Crippen LogP contribution in [0, 0.1) is 5.92 Å². The van der Waals surface area contributed by atoms with E-state index in [4.69, 9.17) is 4.74 Å². The molecule has 28 heavy (non-hydrogen) atoms. The Kier molecular flexibility index (Phi) is 5.33. The van der Waals surface area contributed by atoms with E-state index in [2.05, 4.69) is 17.4 Å². The summed E-state index contributed by atoms with van der Waals surface area (Å²) < 4.78 is 5.66. The first kappa shape index (κ1) is 18.5. The van der Waals surface area contributed by atoms with Crippen LogP contribution in [-0.4, -0.2) is 25.0 Å². The fraction of sp³-hybridized carbons (Fsp3) is 0.391. The first-order valence-electron chi connectivity index (χ1n) is 10.1. The zero-order valence-electron chi connectivity index (χ0n) is 16.2. The molecule has 0 unspecified atom stereocenters. The quantitative estimate of drug-likeness (QED) is 0.864. The van der Waals surface area contributed by atoms with Crippen molar-refractivity contribution in [3.63, 3.8) is 0 Å². The number of para-hydroxylation sites is 2. The van der Waals surface area contributed by atoms with Gasteiger partial charge in [-0.15, -0.1) is 0 Å². The van der Waals surface area contributed by atoms with E-state index in [1.165, 1.54) is 11.1 Å². The Morgan fingerprint density at radius 3 is 2.82 bits per heavy atom. The predicted molar refractivity (Wildman–Crippen MR) is 108 cm³/mol. The molecular formula is C23H26N2O3. The molecular weight excluding hydrogens is 352 g/mol. The smallest absolute Gasteiger partial charge is 0.227 e. The van der Waals surface area contributed by atoms with Gasteiger partial charge in [0.05, 0.1) is 24.3 Å². The molecule has 1 saturated heterocycles. The van der Waals surface area contributed by atoms with E-state index in [-0.39, 0.29) is 30.2 Å². The number of aryl methyl sites for hydroxylation is 1. The Hall–Kier alpha value is -2.82. The number of hydrogen-bond donors (Lipinski definition) is 1. The molecule has 1 heterocycles. The summed E-state index contributed by atoms with van der Waals surface area (Å²) in [6.45, 7) is 2.84. The highest BCUT2D eigenvalue weighted by Crippen LogP contribution is 2.34. The van der Waals surface area contributed by atoms with Crippen LogP contribution in [0.25, 0.3) is 0 Å². The van der Waals surface area contributed by atoms with Gasteiger partial charge in [0.15, 0.2) is 0 Å². The second kappa shape index (κ2) is 8.05. The third-order valence-electron chi connectivity index (χ3n) is 5.64. The molecule has 1 aliphatic heterocycles. The number of hydrogen-bond acceptors (Lipinski definition) is 3. The van der Waals surface area contributed by atoms with E-state index in [0.717, 1.165) is 24.9 Å². The van der Waals surface area contributed by atoms with Crippen LogP contribution in [0.3, 0.4) is 0 Å². The number of nitrogens with zero attached hydrogens (tertiary/aromatic N) is 1. The van der Waals surface area contributed by atoms with Gasteiger partial charge in [0.2, 0.25) is 11.8 Å². The van der Waals surface area contributed by atoms with E-state index in [0.29, 0.717) is 18.9 Å². The molecule has 2 aliphatic rings. The Morgan fingerprint density at radius 1 is 1.18 bits per heavy atom. The van der Waals surface area contributed by atoms with Gasteiger partial charge in [0, 0.05) is 13.0 Å². The van der Waals surface area contributed by atoms with Gasteiger partial charge in [-0.3, -0.25) is 9.59 Å². The van der Waals surface area contributed by atoms with E-state index >= 15 is 0 Å². The van der Waals surface area contributed by atoms with Crippen molar-refractivity contribution >= 4 is 17.5 Å². The van der Waals surface area contributed by atoms with Crippen molar-refractivity contribution in [2.24, 2.45) is 5.92 Å². The molecule has 0 bridgehead atoms. The number of ether oxygens (including phenoxy) is 1. The van der Waals surface area contributed by atoms with Gasteiger partial charge < -0.3 is 15.0 Å². The zero-order chi connectivity index (χ0) is 19.5. The lowest BCUT2D eigenvalue weighted by atomic mass is 9.87. The maximum atomic E-state index is 12.9. The third kappa shape index (κ3) is 3.61. The van der Waals surface area contributed by atoms with Crippen LogP contribution >= 0.6 is 0 Å². The van der Waals surface area contributed by atoms with E-state index in [9.17, 15) is 9.59 Å². The molecule has 1 N–H and O–H groups in total. The summed E-state index contributed by atoms with van der Waals surface area (Å²) >= 11 is 0. The minimum Gasteiger partial charge on any atom is -0.492 e. The number of anilines is 1. The minimum absolute atomic E-state index is 0.0312. The number of rotatable bonds is 5. The van der Waals surface area contributed by atoms with Crippen molar-refractivity contribution in [3.8, 4) is 5.75 Å². The fourth-order valence-electron chi connectivity index (χ4n) is 4.27. The van der Waals surface area contributed by atoms with Crippen LogP contribution in [-0.2, 0) is 16.0 Å². The third-order valence-corrected chi connectivity index (χ3v) is 5.64. The van der Waals surface area contributed by atoms with Gasteiger partial charge in [0.25, 0.3) is 0 Å². The topological polar surface area (TPSA) is 58.6 Å². The lowest BCUT2D eigenvalue weighted by molar-refractivity contribution is -0.127. The van der Waals surface area contributed by atoms with E-state index < -0.39 is 0 Å². The van der Waals surface area contributed by atoms with Crippen LogP contribution in [0.2, 0.25) is 0 Å². The van der Waals surface area contributed by atoms with E-state index in [1.54, 1.807) is 4.90 Å². The molecule has 0 spiro atoms. The lowest BCUT2D eigenvalue weighted by Gasteiger charge is -2.27. The van der Waals surface area contributed by atoms with Crippen LogP contribution in [0.4, 0.5) is 5.69 Å². The Morgan fingerprint density at radius 2 is 1.96 bits per heavy atom. The molecule has 5 nitrogen and oxygen atoms in total. The Bertz CT molecular complexity index is 880. The molecule has 5 heteroatoms. The molecule has 2 aromatic carbocycles. The molecule has 1 aliphatic carbocycles. The van der Waals surface area contributed by atoms with Gasteiger partial charge in [-0.1, -0.05) is 36.4 Å². The van der Waals surface area contributed by atoms with Crippen molar-refractivity contribution in [2.75, 3.05) is 18.1 Å². The van der Waals surface area contributed by atoms with Crippen LogP contribution in [0.5, 0.6) is 5.75 Å². The molecule has 2 atom stereocenters. The summed E-state index contributed by atoms with van der Waals surface area (Å²) in [5, 5.41) is 3.20. The van der Waals surface area contributed by atoms with Gasteiger partial charge in [0.1, 0.15) is 5.75 Å². The average Bonchev–Trinajstić information content (AvgIpc) is 3.11. The summed E-state index contributed by atoms with van der Waals surface area (Å²) in [5.41, 5.74) is 3.27. The number of amides is 2. The number of carbonyl (C=O) groups is 2. The van der Waals surface area contributed by atoms with E-state index in [1.807, 2.05) is 43.3 Å². The summed E-state index contributed by atoms with van der Waals surface area (Å²) in [5.74, 6) is 0.277.